The molecule has 2 aliphatic rings. The molecule has 1 aromatic rings. The minimum atomic E-state index is -2.80. The molecule has 3 rings (SSSR count). The second-order valence-electron chi connectivity index (χ2n) is 5.50. The monoisotopic (exact) mass is 328 g/mol. The summed E-state index contributed by atoms with van der Waals surface area (Å²) in [5, 5.41) is 0.928. The number of rotatable bonds is 3. The van der Waals surface area contributed by atoms with Crippen LogP contribution in [0.1, 0.15) is 6.42 Å². The van der Waals surface area contributed by atoms with Gasteiger partial charge in [-0.2, -0.15) is 0 Å². The highest BCUT2D eigenvalue weighted by molar-refractivity contribution is 7.98. The topological polar surface area (TPSA) is 66.4 Å². The van der Waals surface area contributed by atoms with E-state index in [9.17, 15) is 8.42 Å². The third-order valence-electron chi connectivity index (χ3n) is 4.17. The van der Waals surface area contributed by atoms with Gasteiger partial charge < -0.3 is 4.90 Å². The van der Waals surface area contributed by atoms with E-state index in [1.54, 1.807) is 24.2 Å². The molecule has 116 valence electrons. The van der Waals surface area contributed by atoms with Crippen molar-refractivity contribution in [2.45, 2.75) is 17.5 Å². The van der Waals surface area contributed by atoms with Crippen molar-refractivity contribution in [2.24, 2.45) is 0 Å². The number of thioether (sulfide) groups is 1. The zero-order chi connectivity index (χ0) is 14.9. The maximum absolute atomic E-state index is 11.6. The summed E-state index contributed by atoms with van der Waals surface area (Å²) in [7, 11) is -2.80. The predicted molar refractivity (Wildman–Crippen MR) is 84.7 cm³/mol. The van der Waals surface area contributed by atoms with Crippen LogP contribution in [0.15, 0.2) is 17.4 Å². The number of hydrogen-bond donors (Lipinski definition) is 0. The molecule has 3 heterocycles. The first-order valence-electron chi connectivity index (χ1n) is 7.13. The van der Waals surface area contributed by atoms with Gasteiger partial charge in [0.05, 0.1) is 23.9 Å². The van der Waals surface area contributed by atoms with E-state index in [-0.39, 0.29) is 6.04 Å². The molecule has 0 saturated carbocycles. The summed E-state index contributed by atoms with van der Waals surface area (Å²) >= 11 is 1.59. The van der Waals surface area contributed by atoms with Crippen LogP contribution in [0.5, 0.6) is 0 Å². The highest BCUT2D eigenvalue weighted by atomic mass is 32.2. The van der Waals surface area contributed by atoms with E-state index in [1.807, 2.05) is 6.26 Å². The van der Waals surface area contributed by atoms with Crippen LogP contribution in [0.2, 0.25) is 0 Å². The Bertz CT molecular complexity index is 600. The number of piperazine rings is 1. The molecular formula is C13H20N4O2S2. The third-order valence-corrected chi connectivity index (χ3v) is 6.54. The molecule has 0 radical (unpaired) electrons. The second-order valence-corrected chi connectivity index (χ2v) is 8.55. The lowest BCUT2D eigenvalue weighted by molar-refractivity contribution is 0.200. The molecular weight excluding hydrogens is 308 g/mol. The van der Waals surface area contributed by atoms with Crippen LogP contribution in [0.25, 0.3) is 0 Å². The molecule has 2 fully saturated rings. The maximum atomic E-state index is 11.6. The molecule has 8 heteroatoms. The van der Waals surface area contributed by atoms with Gasteiger partial charge in [0.15, 0.2) is 9.84 Å². The standard InChI is InChI=1S/C13H20N4O2S2/c1-20-13-9-14-8-12(15-13)17-5-3-16(4-6-17)11-2-7-21(18,19)10-11/h8-9,11H,2-7,10H2,1H3. The molecule has 1 atom stereocenters. The van der Waals surface area contributed by atoms with Crippen molar-refractivity contribution in [1.29, 1.82) is 0 Å². The van der Waals surface area contributed by atoms with Crippen molar-refractivity contribution in [1.82, 2.24) is 14.9 Å². The van der Waals surface area contributed by atoms with Gasteiger partial charge in [-0.15, -0.1) is 11.8 Å². The Balaban J connectivity index is 1.60. The van der Waals surface area contributed by atoms with Gasteiger partial charge in [0, 0.05) is 32.2 Å². The summed E-state index contributed by atoms with van der Waals surface area (Å²) in [5.41, 5.74) is 0. The lowest BCUT2D eigenvalue weighted by atomic mass is 10.2. The Kier molecular flexibility index (Phi) is 4.37. The number of nitrogens with zero attached hydrogens (tertiary/aromatic N) is 4. The molecule has 0 aromatic carbocycles. The van der Waals surface area contributed by atoms with Crippen molar-refractivity contribution in [3.63, 3.8) is 0 Å². The molecule has 2 aliphatic heterocycles. The minimum absolute atomic E-state index is 0.209. The predicted octanol–water partition coefficient (Wildman–Crippen LogP) is 0.508. The molecule has 2 saturated heterocycles. The van der Waals surface area contributed by atoms with Gasteiger partial charge in [-0.25, -0.2) is 13.4 Å². The van der Waals surface area contributed by atoms with Gasteiger partial charge in [0.1, 0.15) is 10.8 Å². The van der Waals surface area contributed by atoms with Gasteiger partial charge in [-0.3, -0.25) is 9.88 Å². The minimum Gasteiger partial charge on any atom is -0.353 e. The largest absolute Gasteiger partial charge is 0.353 e. The van der Waals surface area contributed by atoms with Gasteiger partial charge in [0.2, 0.25) is 0 Å². The summed E-state index contributed by atoms with van der Waals surface area (Å²) in [5.74, 6) is 1.59. The maximum Gasteiger partial charge on any atom is 0.151 e. The molecule has 0 spiro atoms. The highest BCUT2D eigenvalue weighted by Gasteiger charge is 2.33. The zero-order valence-corrected chi connectivity index (χ0v) is 13.7. The van der Waals surface area contributed by atoms with E-state index >= 15 is 0 Å². The van der Waals surface area contributed by atoms with Crippen molar-refractivity contribution in [2.75, 3.05) is 48.8 Å². The number of sulfone groups is 1. The average Bonchev–Trinajstić information content (AvgIpc) is 2.88. The van der Waals surface area contributed by atoms with E-state index in [2.05, 4.69) is 19.8 Å². The van der Waals surface area contributed by atoms with Gasteiger partial charge in [-0.1, -0.05) is 0 Å². The summed E-state index contributed by atoms with van der Waals surface area (Å²) in [4.78, 5) is 13.3. The van der Waals surface area contributed by atoms with Crippen LogP contribution in [0, 0.1) is 0 Å². The van der Waals surface area contributed by atoms with Crippen molar-refractivity contribution in [3.05, 3.63) is 12.4 Å². The van der Waals surface area contributed by atoms with Crippen LogP contribution in [-0.4, -0.2) is 73.3 Å². The SMILES string of the molecule is CSc1cncc(N2CCN(C3CCS(=O)(=O)C3)CC2)n1. The first kappa shape index (κ1) is 15.1. The summed E-state index contributed by atoms with van der Waals surface area (Å²) in [6, 6.07) is 0.209. The first-order chi connectivity index (χ1) is 10.1. The Morgan fingerprint density at radius 1 is 1.24 bits per heavy atom. The lowest BCUT2D eigenvalue weighted by Crippen LogP contribution is -2.51. The van der Waals surface area contributed by atoms with E-state index in [0.29, 0.717) is 11.5 Å². The molecule has 0 bridgehead atoms. The van der Waals surface area contributed by atoms with Gasteiger partial charge >= 0.3 is 0 Å². The number of hydrogen-bond acceptors (Lipinski definition) is 7. The van der Waals surface area contributed by atoms with Crippen LogP contribution in [0.4, 0.5) is 5.82 Å². The van der Waals surface area contributed by atoms with Crippen LogP contribution in [0.3, 0.4) is 0 Å². The molecule has 21 heavy (non-hydrogen) atoms. The summed E-state index contributed by atoms with van der Waals surface area (Å²) in [6.07, 6.45) is 6.35. The Morgan fingerprint density at radius 2 is 2.00 bits per heavy atom. The molecule has 6 nitrogen and oxygen atoms in total. The van der Waals surface area contributed by atoms with Crippen molar-refractivity contribution >= 4 is 27.4 Å². The number of anilines is 1. The Morgan fingerprint density at radius 3 is 2.62 bits per heavy atom. The normalized spacial score (nSPS) is 26.1. The molecule has 0 N–H and O–H groups in total. The fourth-order valence-corrected chi connectivity index (χ4v) is 5.08. The lowest BCUT2D eigenvalue weighted by Gasteiger charge is -2.38. The second kappa shape index (κ2) is 6.10. The molecule has 1 aromatic heterocycles. The highest BCUT2D eigenvalue weighted by Crippen LogP contribution is 2.21. The summed E-state index contributed by atoms with van der Waals surface area (Å²) < 4.78 is 23.2. The zero-order valence-electron chi connectivity index (χ0n) is 12.1. The van der Waals surface area contributed by atoms with E-state index < -0.39 is 9.84 Å². The summed E-state index contributed by atoms with van der Waals surface area (Å²) in [6.45, 7) is 3.54. The fourth-order valence-electron chi connectivity index (χ4n) is 2.97. The third kappa shape index (κ3) is 3.49. The van der Waals surface area contributed by atoms with Crippen LogP contribution >= 0.6 is 11.8 Å². The van der Waals surface area contributed by atoms with E-state index in [1.165, 1.54) is 0 Å². The fraction of sp³-hybridized carbons (Fsp3) is 0.692. The first-order valence-corrected chi connectivity index (χ1v) is 10.2. The van der Waals surface area contributed by atoms with E-state index in [4.69, 9.17) is 0 Å². The van der Waals surface area contributed by atoms with E-state index in [0.717, 1.165) is 43.4 Å². The van der Waals surface area contributed by atoms with Crippen molar-refractivity contribution < 1.29 is 8.42 Å². The van der Waals surface area contributed by atoms with Gasteiger partial charge in [0.25, 0.3) is 0 Å². The number of aromatic nitrogens is 2. The van der Waals surface area contributed by atoms with Crippen LogP contribution in [-0.2, 0) is 9.84 Å². The molecule has 1 unspecified atom stereocenters. The quantitative estimate of drug-likeness (QED) is 0.749. The van der Waals surface area contributed by atoms with Gasteiger partial charge in [-0.05, 0) is 12.7 Å². The van der Waals surface area contributed by atoms with Crippen molar-refractivity contribution in [3.8, 4) is 0 Å². The molecule has 0 aliphatic carbocycles. The Labute approximate surface area is 129 Å². The smallest absolute Gasteiger partial charge is 0.151 e. The molecule has 0 amide bonds. The average molecular weight is 328 g/mol. The van der Waals surface area contributed by atoms with Crippen LogP contribution < -0.4 is 4.90 Å². The Hall–Kier alpha value is -0.860.